The van der Waals surface area contributed by atoms with Crippen LogP contribution < -0.4 is 10.1 Å². The van der Waals surface area contributed by atoms with E-state index in [0.29, 0.717) is 6.07 Å². The number of ether oxygens (including phenoxy) is 2. The minimum Gasteiger partial charge on any atom is -0.481 e. The van der Waals surface area contributed by atoms with Crippen molar-refractivity contribution in [2.75, 3.05) is 32.9 Å². The van der Waals surface area contributed by atoms with E-state index in [1.165, 1.54) is 6.07 Å². The number of aryl methyl sites for hydroxylation is 1. The third-order valence-electron chi connectivity index (χ3n) is 6.52. The Bertz CT molecular complexity index is 1420. The lowest BCUT2D eigenvalue weighted by Crippen LogP contribution is -2.50. The third-order valence-corrected chi connectivity index (χ3v) is 6.52. The van der Waals surface area contributed by atoms with Crippen LogP contribution in [0.2, 0.25) is 0 Å². The molecule has 2 aromatic carbocycles. The summed E-state index contributed by atoms with van der Waals surface area (Å²) in [6.07, 6.45) is -6.30. The van der Waals surface area contributed by atoms with Crippen molar-refractivity contribution in [3.05, 3.63) is 64.5 Å². The molecule has 10 nitrogen and oxygen atoms in total. The van der Waals surface area contributed by atoms with E-state index in [1.807, 2.05) is 0 Å². The molecule has 2 N–H and O–H groups in total. The number of carboxylic acid groups (broad SMARTS) is 1. The lowest BCUT2D eigenvalue weighted by atomic mass is 10.0. The van der Waals surface area contributed by atoms with Gasteiger partial charge in [0, 0.05) is 19.5 Å². The number of amides is 2. The Morgan fingerprint density at radius 3 is 2.48 bits per heavy atom. The van der Waals surface area contributed by atoms with Gasteiger partial charge in [-0.15, -0.1) is 0 Å². The molecule has 1 aliphatic heterocycles. The van der Waals surface area contributed by atoms with Crippen LogP contribution in [0.5, 0.6) is 5.75 Å². The number of hydrogen-bond donors (Lipinski definition) is 2. The van der Waals surface area contributed by atoms with Crippen molar-refractivity contribution in [2.45, 2.75) is 32.0 Å². The topological polar surface area (TPSA) is 139 Å². The summed E-state index contributed by atoms with van der Waals surface area (Å²) in [6, 6.07) is 2.64. The first kappa shape index (κ1) is 34.0. The smallest absolute Gasteiger partial charge is 0.416 e. The van der Waals surface area contributed by atoms with Crippen molar-refractivity contribution < 1.29 is 64.9 Å². The molecule has 0 saturated carbocycles. The standard InChI is InChI=1S/C28H26F6N2O8/c1-14-7-18(29)24(31)25(23(14)30)44-13-21(38)19(10-22(39)40)35-26(41)16-11-36(5-6-43-12-16)27(42)20(37)9-15-3-2-4-17(8-15)28(32,33)34/h2-4,7-8,16,19H,5-6,9-13H2,1H3,(H,35,41)(H,39,40)/t16-,19-/m0/s1. The minimum absolute atomic E-state index is 0.0658. The second-order valence-corrected chi connectivity index (χ2v) is 9.87. The highest BCUT2D eigenvalue weighted by atomic mass is 19.4. The predicted octanol–water partition coefficient (Wildman–Crippen LogP) is 2.63. The molecular formula is C28H26F6N2O8. The summed E-state index contributed by atoms with van der Waals surface area (Å²) in [5, 5.41) is 11.4. The number of Topliss-reactive ketones (excluding diaryl/α,β-unsaturated/α-hetero) is 2. The molecule has 0 aromatic heterocycles. The normalized spacial score (nSPS) is 16.1. The summed E-state index contributed by atoms with van der Waals surface area (Å²) in [6.45, 7) is -1.07. The van der Waals surface area contributed by atoms with Crippen LogP contribution in [-0.4, -0.2) is 78.3 Å². The molecular weight excluding hydrogens is 606 g/mol. The highest BCUT2D eigenvalue weighted by Gasteiger charge is 2.34. The number of halogens is 6. The van der Waals surface area contributed by atoms with Gasteiger partial charge in [-0.3, -0.25) is 24.0 Å². The van der Waals surface area contributed by atoms with Gasteiger partial charge >= 0.3 is 12.1 Å². The fraction of sp³-hybridized carbons (Fsp3) is 0.393. The van der Waals surface area contributed by atoms with Crippen molar-refractivity contribution in [3.8, 4) is 5.75 Å². The van der Waals surface area contributed by atoms with Crippen molar-refractivity contribution >= 4 is 29.4 Å². The third kappa shape index (κ3) is 8.78. The lowest BCUT2D eigenvalue weighted by molar-refractivity contribution is -0.145. The fourth-order valence-electron chi connectivity index (χ4n) is 4.23. The van der Waals surface area contributed by atoms with E-state index in [1.54, 1.807) is 0 Å². The zero-order valence-electron chi connectivity index (χ0n) is 23.0. The largest absolute Gasteiger partial charge is 0.481 e. The average Bonchev–Trinajstić information content (AvgIpc) is 3.21. The van der Waals surface area contributed by atoms with Crippen molar-refractivity contribution in [3.63, 3.8) is 0 Å². The van der Waals surface area contributed by atoms with Gasteiger partial charge in [0.25, 0.3) is 5.91 Å². The van der Waals surface area contributed by atoms with Crippen LogP contribution in [0.4, 0.5) is 26.3 Å². The van der Waals surface area contributed by atoms with Crippen molar-refractivity contribution in [1.82, 2.24) is 10.2 Å². The van der Waals surface area contributed by atoms with E-state index in [-0.39, 0.29) is 30.9 Å². The summed E-state index contributed by atoms with van der Waals surface area (Å²) in [5.41, 5.74) is -1.40. The Balaban J connectivity index is 1.67. The monoisotopic (exact) mass is 632 g/mol. The summed E-state index contributed by atoms with van der Waals surface area (Å²) >= 11 is 0. The number of benzene rings is 2. The fourth-order valence-corrected chi connectivity index (χ4v) is 4.23. The van der Waals surface area contributed by atoms with E-state index < -0.39 is 102 Å². The van der Waals surface area contributed by atoms with E-state index in [9.17, 15) is 55.4 Å². The van der Waals surface area contributed by atoms with Gasteiger partial charge in [-0.2, -0.15) is 17.6 Å². The number of aliphatic carboxylic acids is 1. The molecule has 3 rings (SSSR count). The number of hydrogen-bond acceptors (Lipinski definition) is 7. The molecule has 238 valence electrons. The van der Waals surface area contributed by atoms with Gasteiger partial charge in [0.15, 0.2) is 23.2 Å². The molecule has 16 heteroatoms. The second-order valence-electron chi connectivity index (χ2n) is 9.87. The first-order valence-corrected chi connectivity index (χ1v) is 13.0. The first-order valence-electron chi connectivity index (χ1n) is 13.0. The Kier molecular flexibility index (Phi) is 11.1. The molecule has 44 heavy (non-hydrogen) atoms. The molecule has 1 aliphatic rings. The second kappa shape index (κ2) is 14.3. The Morgan fingerprint density at radius 2 is 1.82 bits per heavy atom. The van der Waals surface area contributed by atoms with Gasteiger partial charge in [-0.05, 0) is 30.2 Å². The number of carbonyl (C=O) groups is 5. The van der Waals surface area contributed by atoms with Crippen LogP contribution in [0, 0.1) is 30.3 Å². The molecule has 0 radical (unpaired) electrons. The molecule has 2 aromatic rings. The number of rotatable bonds is 11. The quantitative estimate of drug-likeness (QED) is 0.219. The van der Waals surface area contributed by atoms with Gasteiger partial charge in [0.1, 0.15) is 12.6 Å². The highest BCUT2D eigenvalue weighted by molar-refractivity contribution is 6.36. The maximum Gasteiger partial charge on any atom is 0.416 e. The zero-order valence-corrected chi connectivity index (χ0v) is 23.0. The number of alkyl halides is 3. The van der Waals surface area contributed by atoms with Crippen LogP contribution in [0.3, 0.4) is 0 Å². The molecule has 0 spiro atoms. The summed E-state index contributed by atoms with van der Waals surface area (Å²) < 4.78 is 91.0. The maximum atomic E-state index is 14.2. The van der Waals surface area contributed by atoms with Gasteiger partial charge < -0.3 is 24.8 Å². The number of carboxylic acids is 1. The van der Waals surface area contributed by atoms with Gasteiger partial charge in [-0.1, -0.05) is 18.2 Å². The Hall–Kier alpha value is -4.47. The van der Waals surface area contributed by atoms with Crippen LogP contribution in [-0.2, 0) is 41.3 Å². The zero-order chi connectivity index (χ0) is 32.8. The number of nitrogens with zero attached hydrogens (tertiary/aromatic N) is 1. The molecule has 0 bridgehead atoms. The predicted molar refractivity (Wildman–Crippen MR) is 137 cm³/mol. The summed E-state index contributed by atoms with van der Waals surface area (Å²) in [4.78, 5) is 63.4. The summed E-state index contributed by atoms with van der Waals surface area (Å²) in [7, 11) is 0. The van der Waals surface area contributed by atoms with Gasteiger partial charge in [-0.25, -0.2) is 8.78 Å². The van der Waals surface area contributed by atoms with Crippen molar-refractivity contribution in [1.29, 1.82) is 0 Å². The Labute approximate surface area is 245 Å². The molecule has 2 atom stereocenters. The number of nitrogens with one attached hydrogen (secondary N) is 1. The summed E-state index contributed by atoms with van der Waals surface area (Å²) in [5.74, 6) is -12.7. The molecule has 0 aliphatic carbocycles. The molecule has 1 heterocycles. The van der Waals surface area contributed by atoms with Crippen LogP contribution in [0.15, 0.2) is 30.3 Å². The maximum absolute atomic E-state index is 14.2. The number of carbonyl (C=O) groups excluding carboxylic acids is 4. The SMILES string of the molecule is Cc1cc(F)c(F)c(OCC(=O)[C@H](CC(=O)O)NC(=O)[C@@H]2COCCN(C(=O)C(=O)Cc3cccc(C(F)(F)F)c3)C2)c1F. The van der Waals surface area contributed by atoms with Gasteiger partial charge in [0.05, 0.1) is 31.1 Å². The van der Waals surface area contributed by atoms with E-state index >= 15 is 0 Å². The van der Waals surface area contributed by atoms with Crippen LogP contribution in [0.25, 0.3) is 0 Å². The van der Waals surface area contributed by atoms with Crippen molar-refractivity contribution in [2.24, 2.45) is 5.92 Å². The molecule has 2 amide bonds. The van der Waals surface area contributed by atoms with Gasteiger partial charge in [0.2, 0.25) is 17.5 Å². The minimum atomic E-state index is -4.66. The molecule has 1 fully saturated rings. The molecule has 1 saturated heterocycles. The lowest BCUT2D eigenvalue weighted by Gasteiger charge is -2.24. The highest BCUT2D eigenvalue weighted by Crippen LogP contribution is 2.30. The van der Waals surface area contributed by atoms with E-state index in [4.69, 9.17) is 9.47 Å². The van der Waals surface area contributed by atoms with Crippen LogP contribution in [0.1, 0.15) is 23.1 Å². The number of ketones is 2. The van der Waals surface area contributed by atoms with Crippen LogP contribution >= 0.6 is 0 Å². The average molecular weight is 633 g/mol. The van der Waals surface area contributed by atoms with E-state index in [2.05, 4.69) is 5.32 Å². The molecule has 0 unspecified atom stereocenters. The van der Waals surface area contributed by atoms with E-state index in [0.717, 1.165) is 30.0 Å². The Morgan fingerprint density at radius 1 is 1.11 bits per heavy atom. The first-order chi connectivity index (χ1) is 20.6.